The standard InChI is InChI=1S/C23H26BrNO6/c1-16(5-2-3-8-21(27)28)22(17-6-4-7-20(15-17)30-14-13-26)31-23(29)25-19-11-9-18(24)10-12-19/h3-4,6-12,15-16,22,26H,2,5,13-14H2,1H3,(H,25,29)(H,27,28)/b8-3+/t16-,22-/m0/s1. The van der Waals surface area contributed by atoms with Gasteiger partial charge in [0.15, 0.2) is 0 Å². The van der Waals surface area contributed by atoms with Gasteiger partial charge in [-0.3, -0.25) is 5.32 Å². The number of ether oxygens (including phenoxy) is 2. The highest BCUT2D eigenvalue weighted by atomic mass is 79.9. The molecule has 0 radical (unpaired) electrons. The van der Waals surface area contributed by atoms with Gasteiger partial charge in [0.1, 0.15) is 18.5 Å². The zero-order valence-corrected chi connectivity index (χ0v) is 18.7. The van der Waals surface area contributed by atoms with Crippen molar-refractivity contribution >= 4 is 33.7 Å². The van der Waals surface area contributed by atoms with Crippen LogP contribution in [0.2, 0.25) is 0 Å². The van der Waals surface area contributed by atoms with Crippen molar-refractivity contribution in [2.45, 2.75) is 25.9 Å². The van der Waals surface area contributed by atoms with Gasteiger partial charge in [0.25, 0.3) is 0 Å². The lowest BCUT2D eigenvalue weighted by Crippen LogP contribution is -2.22. The number of halogens is 1. The Kier molecular flexibility index (Phi) is 10.1. The minimum atomic E-state index is -0.997. The zero-order valence-electron chi connectivity index (χ0n) is 17.2. The Labute approximate surface area is 189 Å². The molecule has 166 valence electrons. The average molecular weight is 492 g/mol. The van der Waals surface area contributed by atoms with Gasteiger partial charge in [0.05, 0.1) is 6.61 Å². The summed E-state index contributed by atoms with van der Waals surface area (Å²) in [4.78, 5) is 23.2. The molecule has 0 aromatic heterocycles. The van der Waals surface area contributed by atoms with Crippen LogP contribution >= 0.6 is 15.9 Å². The molecule has 2 aromatic carbocycles. The maximum absolute atomic E-state index is 12.6. The second-order valence-corrected chi connectivity index (χ2v) is 7.81. The average Bonchev–Trinajstić information content (AvgIpc) is 2.75. The van der Waals surface area contributed by atoms with Gasteiger partial charge in [0, 0.05) is 16.2 Å². The highest BCUT2D eigenvalue weighted by Gasteiger charge is 2.24. The number of amides is 1. The van der Waals surface area contributed by atoms with Crippen molar-refractivity contribution in [3.63, 3.8) is 0 Å². The van der Waals surface area contributed by atoms with Crippen LogP contribution in [-0.4, -0.2) is 35.5 Å². The van der Waals surface area contributed by atoms with E-state index in [0.29, 0.717) is 24.3 Å². The summed E-state index contributed by atoms with van der Waals surface area (Å²) in [7, 11) is 0. The number of aliphatic hydroxyl groups is 1. The van der Waals surface area contributed by atoms with Crippen molar-refractivity contribution in [2.24, 2.45) is 5.92 Å². The Morgan fingerprint density at radius 2 is 1.94 bits per heavy atom. The van der Waals surface area contributed by atoms with Crippen LogP contribution < -0.4 is 10.1 Å². The van der Waals surface area contributed by atoms with Crippen LogP contribution in [0.25, 0.3) is 0 Å². The number of carboxylic acid groups (broad SMARTS) is 1. The van der Waals surface area contributed by atoms with Crippen LogP contribution in [0.1, 0.15) is 31.4 Å². The van der Waals surface area contributed by atoms with Gasteiger partial charge in [-0.25, -0.2) is 9.59 Å². The van der Waals surface area contributed by atoms with Gasteiger partial charge in [0.2, 0.25) is 0 Å². The molecule has 2 atom stereocenters. The number of aliphatic hydroxyl groups excluding tert-OH is 1. The van der Waals surface area contributed by atoms with Gasteiger partial charge in [-0.05, 0) is 60.7 Å². The molecule has 0 saturated carbocycles. The molecule has 31 heavy (non-hydrogen) atoms. The van der Waals surface area contributed by atoms with Crippen LogP contribution in [0.4, 0.5) is 10.5 Å². The SMILES string of the molecule is C[C@@H](CC/C=C/C(=O)O)[C@H](OC(=O)Nc1ccc(Br)cc1)c1cccc(OCCO)c1. The molecule has 0 bridgehead atoms. The van der Waals surface area contributed by atoms with Gasteiger partial charge >= 0.3 is 12.1 Å². The molecule has 0 aliphatic rings. The second-order valence-electron chi connectivity index (χ2n) is 6.90. The highest BCUT2D eigenvalue weighted by molar-refractivity contribution is 9.10. The highest BCUT2D eigenvalue weighted by Crippen LogP contribution is 2.32. The molecular weight excluding hydrogens is 466 g/mol. The summed E-state index contributed by atoms with van der Waals surface area (Å²) in [5.74, 6) is -0.531. The number of carbonyl (C=O) groups excluding carboxylic acids is 1. The fourth-order valence-electron chi connectivity index (χ4n) is 2.95. The predicted octanol–water partition coefficient (Wildman–Crippen LogP) is 5.17. The van der Waals surface area contributed by atoms with Gasteiger partial charge in [-0.15, -0.1) is 0 Å². The molecule has 1 amide bonds. The van der Waals surface area contributed by atoms with E-state index in [-0.39, 0.29) is 19.1 Å². The fraction of sp³-hybridized carbons (Fsp3) is 0.304. The van der Waals surface area contributed by atoms with Crippen molar-refractivity contribution in [1.82, 2.24) is 0 Å². The van der Waals surface area contributed by atoms with Crippen LogP contribution in [0.3, 0.4) is 0 Å². The third kappa shape index (κ3) is 8.82. The van der Waals surface area contributed by atoms with Crippen LogP contribution in [0, 0.1) is 5.92 Å². The third-order valence-corrected chi connectivity index (χ3v) is 4.97. The van der Waals surface area contributed by atoms with Crippen molar-refractivity contribution < 1.29 is 29.3 Å². The molecule has 0 aliphatic carbocycles. The van der Waals surface area contributed by atoms with Gasteiger partial charge in [-0.1, -0.05) is 41.1 Å². The largest absolute Gasteiger partial charge is 0.491 e. The van der Waals surface area contributed by atoms with Gasteiger partial charge < -0.3 is 19.7 Å². The van der Waals surface area contributed by atoms with E-state index in [0.717, 1.165) is 16.1 Å². The van der Waals surface area contributed by atoms with E-state index in [1.165, 1.54) is 0 Å². The number of anilines is 1. The summed E-state index contributed by atoms with van der Waals surface area (Å²) in [6.07, 6.45) is 2.66. The molecule has 8 heteroatoms. The molecular formula is C23H26BrNO6. The van der Waals surface area contributed by atoms with E-state index in [4.69, 9.17) is 19.7 Å². The quantitative estimate of drug-likeness (QED) is 0.374. The molecule has 3 N–H and O–H groups in total. The van der Waals surface area contributed by atoms with Crippen molar-refractivity contribution in [1.29, 1.82) is 0 Å². The Morgan fingerprint density at radius 3 is 2.61 bits per heavy atom. The lowest BCUT2D eigenvalue weighted by molar-refractivity contribution is -0.131. The lowest BCUT2D eigenvalue weighted by Gasteiger charge is -2.25. The minimum absolute atomic E-state index is 0.0952. The molecule has 7 nitrogen and oxygen atoms in total. The number of carbonyl (C=O) groups is 2. The number of benzene rings is 2. The van der Waals surface area contributed by atoms with Crippen molar-refractivity contribution in [2.75, 3.05) is 18.5 Å². The number of hydrogen-bond donors (Lipinski definition) is 3. The predicted molar refractivity (Wildman–Crippen MR) is 121 cm³/mol. The third-order valence-electron chi connectivity index (χ3n) is 4.44. The maximum Gasteiger partial charge on any atom is 0.412 e. The molecule has 2 rings (SSSR count). The number of rotatable bonds is 11. The lowest BCUT2D eigenvalue weighted by atomic mass is 9.93. The summed E-state index contributed by atoms with van der Waals surface area (Å²) >= 11 is 3.35. The topological polar surface area (TPSA) is 105 Å². The van der Waals surface area contributed by atoms with E-state index in [1.807, 2.05) is 25.1 Å². The summed E-state index contributed by atoms with van der Waals surface area (Å²) in [6, 6.07) is 14.3. The number of aliphatic carboxylic acids is 1. The first kappa shape index (κ1) is 24.4. The molecule has 2 aromatic rings. The smallest absolute Gasteiger partial charge is 0.412 e. The summed E-state index contributed by atoms with van der Waals surface area (Å²) in [6.45, 7) is 1.99. The van der Waals surface area contributed by atoms with Crippen LogP contribution in [-0.2, 0) is 9.53 Å². The first-order valence-corrected chi connectivity index (χ1v) is 10.6. The van der Waals surface area contributed by atoms with Crippen LogP contribution in [0.15, 0.2) is 65.2 Å². The fourth-order valence-corrected chi connectivity index (χ4v) is 3.21. The van der Waals surface area contributed by atoms with E-state index in [2.05, 4.69) is 21.2 Å². The van der Waals surface area contributed by atoms with E-state index >= 15 is 0 Å². The summed E-state index contributed by atoms with van der Waals surface area (Å²) in [5, 5.41) is 20.4. The number of carboxylic acids is 1. The van der Waals surface area contributed by atoms with Crippen molar-refractivity contribution in [3.8, 4) is 5.75 Å². The normalized spacial score (nSPS) is 12.9. The molecule has 0 unspecified atom stereocenters. The van der Waals surface area contributed by atoms with Crippen LogP contribution in [0.5, 0.6) is 5.75 Å². The van der Waals surface area contributed by atoms with Gasteiger partial charge in [-0.2, -0.15) is 0 Å². The first-order chi connectivity index (χ1) is 14.9. The Bertz CT molecular complexity index is 884. The van der Waals surface area contributed by atoms with E-state index in [9.17, 15) is 9.59 Å². The zero-order chi connectivity index (χ0) is 22.6. The molecule has 0 spiro atoms. The summed E-state index contributed by atoms with van der Waals surface area (Å²) in [5.41, 5.74) is 1.35. The number of allylic oxidation sites excluding steroid dienone is 1. The van der Waals surface area contributed by atoms with E-state index in [1.54, 1.807) is 36.4 Å². The first-order valence-electron chi connectivity index (χ1n) is 9.85. The summed E-state index contributed by atoms with van der Waals surface area (Å²) < 4.78 is 12.1. The Balaban J connectivity index is 2.15. The maximum atomic E-state index is 12.6. The number of hydrogen-bond acceptors (Lipinski definition) is 5. The van der Waals surface area contributed by atoms with E-state index < -0.39 is 18.2 Å². The van der Waals surface area contributed by atoms with Crippen molar-refractivity contribution in [3.05, 3.63) is 70.7 Å². The molecule has 0 aliphatic heterocycles. The molecule has 0 fully saturated rings. The Morgan fingerprint density at radius 1 is 1.19 bits per heavy atom. The molecule has 0 heterocycles. The number of nitrogens with one attached hydrogen (secondary N) is 1. The molecule has 0 saturated heterocycles. The Hall–Kier alpha value is -2.84. The monoisotopic (exact) mass is 491 g/mol. The second kappa shape index (κ2) is 12.8. The minimum Gasteiger partial charge on any atom is -0.491 e.